The van der Waals surface area contributed by atoms with E-state index in [1.807, 2.05) is 0 Å². The maximum Gasteiger partial charge on any atom is 0.416 e. The molecule has 0 saturated carbocycles. The number of nitrogens with zero attached hydrogens (tertiary/aromatic N) is 1. The quantitative estimate of drug-likeness (QED) is 0.647. The predicted octanol–water partition coefficient (Wildman–Crippen LogP) is 5.40. The highest BCUT2D eigenvalue weighted by Gasteiger charge is 2.30. The third kappa shape index (κ3) is 4.11. The van der Waals surface area contributed by atoms with Gasteiger partial charge in [-0.25, -0.2) is 4.98 Å². The molecule has 1 amide bonds. The lowest BCUT2D eigenvalue weighted by Gasteiger charge is -2.08. The van der Waals surface area contributed by atoms with Crippen molar-refractivity contribution < 1.29 is 22.7 Å². The molecule has 1 aromatic heterocycles. The lowest BCUT2D eigenvalue weighted by atomic mass is 10.1. The van der Waals surface area contributed by atoms with E-state index < -0.39 is 11.7 Å². The number of carbonyl (C=O) groups is 1. The van der Waals surface area contributed by atoms with Crippen molar-refractivity contribution >= 4 is 22.9 Å². The van der Waals surface area contributed by atoms with Gasteiger partial charge in [-0.2, -0.15) is 13.2 Å². The summed E-state index contributed by atoms with van der Waals surface area (Å²) in [5, 5.41) is 3.25. The lowest BCUT2D eigenvalue weighted by Crippen LogP contribution is -2.12. The minimum atomic E-state index is -4.39. The molecule has 0 atom stereocenters. The van der Waals surface area contributed by atoms with Gasteiger partial charge in [-0.15, -0.1) is 11.3 Å². The number of rotatable bonds is 4. The van der Waals surface area contributed by atoms with E-state index in [0.29, 0.717) is 32.6 Å². The number of para-hydroxylation sites is 2. The summed E-state index contributed by atoms with van der Waals surface area (Å²) in [6, 6.07) is 11.7. The van der Waals surface area contributed by atoms with Crippen molar-refractivity contribution in [3.05, 3.63) is 64.7 Å². The topological polar surface area (TPSA) is 51.2 Å². The molecule has 1 N–H and O–H groups in total. The normalized spacial score (nSPS) is 11.3. The molecule has 0 saturated heterocycles. The van der Waals surface area contributed by atoms with Crippen molar-refractivity contribution in [1.29, 1.82) is 0 Å². The second-order valence-electron chi connectivity index (χ2n) is 5.66. The molecule has 0 fully saturated rings. The van der Waals surface area contributed by atoms with Gasteiger partial charge in [0.25, 0.3) is 5.91 Å². The summed E-state index contributed by atoms with van der Waals surface area (Å²) in [4.78, 5) is 17.3. The van der Waals surface area contributed by atoms with Gasteiger partial charge >= 0.3 is 6.18 Å². The summed E-state index contributed by atoms with van der Waals surface area (Å²) < 4.78 is 43.3. The summed E-state index contributed by atoms with van der Waals surface area (Å²) in [5.41, 5.74) is 0.817. The van der Waals surface area contributed by atoms with Gasteiger partial charge in [-0.3, -0.25) is 4.79 Å². The van der Waals surface area contributed by atoms with Gasteiger partial charge in [0.05, 0.1) is 24.1 Å². The van der Waals surface area contributed by atoms with Crippen LogP contribution in [0.5, 0.6) is 5.75 Å². The number of aryl methyl sites for hydroxylation is 1. The summed E-state index contributed by atoms with van der Waals surface area (Å²) in [6.07, 6.45) is -4.39. The number of methoxy groups -OCH3 is 1. The Morgan fingerprint density at radius 1 is 1.11 bits per heavy atom. The summed E-state index contributed by atoms with van der Waals surface area (Å²) in [6.45, 7) is 1.68. The van der Waals surface area contributed by atoms with E-state index in [-0.39, 0.29) is 5.91 Å². The average Bonchev–Trinajstić information content (AvgIpc) is 3.03. The van der Waals surface area contributed by atoms with E-state index in [2.05, 4.69) is 10.3 Å². The van der Waals surface area contributed by atoms with Crippen LogP contribution in [0.4, 0.5) is 18.9 Å². The number of thiazole rings is 1. The smallest absolute Gasteiger partial charge is 0.416 e. The zero-order valence-electron chi connectivity index (χ0n) is 14.4. The molecule has 0 aliphatic carbocycles. The molecule has 3 rings (SSSR count). The Labute approximate surface area is 157 Å². The van der Waals surface area contributed by atoms with Gasteiger partial charge in [0, 0.05) is 5.56 Å². The van der Waals surface area contributed by atoms with Crippen LogP contribution in [0.1, 0.15) is 20.9 Å². The number of anilines is 1. The van der Waals surface area contributed by atoms with Crippen molar-refractivity contribution in [1.82, 2.24) is 4.98 Å². The average molecular weight is 392 g/mol. The molecule has 27 heavy (non-hydrogen) atoms. The number of benzene rings is 2. The van der Waals surface area contributed by atoms with Crippen molar-refractivity contribution in [2.45, 2.75) is 13.1 Å². The first-order chi connectivity index (χ1) is 12.8. The minimum absolute atomic E-state index is 0.354. The zero-order chi connectivity index (χ0) is 19.6. The Balaban J connectivity index is 1.85. The van der Waals surface area contributed by atoms with Crippen molar-refractivity contribution in [3.8, 4) is 16.3 Å². The van der Waals surface area contributed by atoms with Gasteiger partial charge in [-0.05, 0) is 31.2 Å². The van der Waals surface area contributed by atoms with Gasteiger partial charge < -0.3 is 10.1 Å². The maximum absolute atomic E-state index is 12.7. The summed E-state index contributed by atoms with van der Waals surface area (Å²) in [5.74, 6) is 0.170. The van der Waals surface area contributed by atoms with E-state index in [1.54, 1.807) is 31.2 Å². The van der Waals surface area contributed by atoms with E-state index in [9.17, 15) is 18.0 Å². The first-order valence-electron chi connectivity index (χ1n) is 7.89. The fraction of sp³-hybridized carbons (Fsp3) is 0.158. The summed E-state index contributed by atoms with van der Waals surface area (Å²) in [7, 11) is 1.51. The van der Waals surface area contributed by atoms with Crippen LogP contribution >= 0.6 is 11.3 Å². The first kappa shape index (κ1) is 18.9. The van der Waals surface area contributed by atoms with Crippen LogP contribution in [0.15, 0.2) is 48.5 Å². The van der Waals surface area contributed by atoms with Gasteiger partial charge in [0.1, 0.15) is 15.6 Å². The van der Waals surface area contributed by atoms with Crippen LogP contribution in [0, 0.1) is 6.92 Å². The fourth-order valence-corrected chi connectivity index (χ4v) is 3.43. The number of halogens is 3. The molecule has 4 nitrogen and oxygen atoms in total. The Bertz CT molecular complexity index is 966. The molecule has 0 radical (unpaired) electrons. The number of aromatic nitrogens is 1. The van der Waals surface area contributed by atoms with Gasteiger partial charge in [0.15, 0.2) is 0 Å². The number of hydrogen-bond acceptors (Lipinski definition) is 4. The lowest BCUT2D eigenvalue weighted by molar-refractivity contribution is -0.137. The van der Waals surface area contributed by atoms with Crippen LogP contribution in [0.25, 0.3) is 10.6 Å². The Morgan fingerprint density at radius 3 is 2.41 bits per heavy atom. The number of alkyl halides is 3. The van der Waals surface area contributed by atoms with Crippen LogP contribution in [0.2, 0.25) is 0 Å². The molecule has 0 spiro atoms. The van der Waals surface area contributed by atoms with Crippen LogP contribution < -0.4 is 10.1 Å². The third-order valence-electron chi connectivity index (χ3n) is 3.82. The van der Waals surface area contributed by atoms with Crippen molar-refractivity contribution in [2.75, 3.05) is 12.4 Å². The van der Waals surface area contributed by atoms with Crippen LogP contribution in [-0.4, -0.2) is 18.0 Å². The Kier molecular flexibility index (Phi) is 5.18. The second-order valence-corrected chi connectivity index (χ2v) is 6.66. The number of amides is 1. The Hall–Kier alpha value is -2.87. The molecular formula is C19H15F3N2O2S. The summed E-state index contributed by atoms with van der Waals surface area (Å²) >= 11 is 1.12. The number of carbonyl (C=O) groups excluding carboxylic acids is 1. The number of hydrogen-bond donors (Lipinski definition) is 1. The monoisotopic (exact) mass is 392 g/mol. The number of ether oxygens (including phenoxy) is 1. The SMILES string of the molecule is COc1ccccc1NC(=O)c1sc(-c2ccc(C(F)(F)F)cc2)nc1C. The highest BCUT2D eigenvalue weighted by Crippen LogP contribution is 2.33. The Morgan fingerprint density at radius 2 is 1.78 bits per heavy atom. The molecule has 140 valence electrons. The van der Waals surface area contributed by atoms with Crippen LogP contribution in [-0.2, 0) is 6.18 Å². The third-order valence-corrected chi connectivity index (χ3v) is 5.02. The highest BCUT2D eigenvalue weighted by molar-refractivity contribution is 7.17. The second kappa shape index (κ2) is 7.40. The number of nitrogens with one attached hydrogen (secondary N) is 1. The fourth-order valence-electron chi connectivity index (χ4n) is 2.46. The maximum atomic E-state index is 12.7. The highest BCUT2D eigenvalue weighted by atomic mass is 32.1. The molecule has 0 aliphatic heterocycles. The largest absolute Gasteiger partial charge is 0.495 e. The molecule has 8 heteroatoms. The standard InChI is InChI=1S/C19H15F3N2O2S/c1-11-16(17(25)24-14-5-3-4-6-15(14)26-2)27-18(23-11)12-7-9-13(10-8-12)19(20,21)22/h3-10H,1-2H3,(H,24,25). The van der Waals surface area contributed by atoms with Crippen LogP contribution in [0.3, 0.4) is 0 Å². The van der Waals surface area contributed by atoms with Crippen molar-refractivity contribution in [2.24, 2.45) is 0 Å². The van der Waals surface area contributed by atoms with Gasteiger partial charge in [-0.1, -0.05) is 24.3 Å². The minimum Gasteiger partial charge on any atom is -0.495 e. The molecular weight excluding hydrogens is 377 g/mol. The van der Waals surface area contributed by atoms with Crippen molar-refractivity contribution in [3.63, 3.8) is 0 Å². The van der Waals surface area contributed by atoms with E-state index in [4.69, 9.17) is 4.74 Å². The zero-order valence-corrected chi connectivity index (χ0v) is 15.2. The molecule has 0 bridgehead atoms. The molecule has 3 aromatic rings. The predicted molar refractivity (Wildman–Crippen MR) is 98.2 cm³/mol. The molecule has 1 heterocycles. The van der Waals surface area contributed by atoms with Gasteiger partial charge in [0.2, 0.25) is 0 Å². The van der Waals surface area contributed by atoms with E-state index in [0.717, 1.165) is 23.5 Å². The molecule has 2 aromatic carbocycles. The first-order valence-corrected chi connectivity index (χ1v) is 8.70. The molecule has 0 unspecified atom stereocenters. The van der Waals surface area contributed by atoms with E-state index >= 15 is 0 Å². The molecule has 0 aliphatic rings. The van der Waals surface area contributed by atoms with E-state index in [1.165, 1.54) is 19.2 Å².